The van der Waals surface area contributed by atoms with Crippen molar-refractivity contribution >= 4 is 15.9 Å². The molecule has 1 atom stereocenters. The molecule has 0 heterocycles. The van der Waals surface area contributed by atoms with Crippen LogP contribution in [-0.4, -0.2) is 0 Å². The molecule has 0 radical (unpaired) electrons. The van der Waals surface area contributed by atoms with Crippen molar-refractivity contribution in [2.45, 2.75) is 32.7 Å². The highest BCUT2D eigenvalue weighted by molar-refractivity contribution is 9.10. The van der Waals surface area contributed by atoms with E-state index in [4.69, 9.17) is 5.73 Å². The summed E-state index contributed by atoms with van der Waals surface area (Å²) in [5.74, 6) is 0.375. The fraction of sp³-hybridized carbons (Fsp3) is 0.500. The summed E-state index contributed by atoms with van der Waals surface area (Å²) < 4.78 is 14.1. The van der Waals surface area contributed by atoms with Crippen LogP contribution in [0.4, 0.5) is 4.39 Å². The molecule has 1 aromatic carbocycles. The average molecular weight is 274 g/mol. The molecule has 1 rings (SSSR count). The van der Waals surface area contributed by atoms with Gasteiger partial charge in [-0.1, -0.05) is 26.0 Å². The van der Waals surface area contributed by atoms with Gasteiger partial charge in [-0.3, -0.25) is 0 Å². The zero-order valence-corrected chi connectivity index (χ0v) is 10.7. The molecule has 1 unspecified atom stereocenters. The van der Waals surface area contributed by atoms with Gasteiger partial charge < -0.3 is 5.73 Å². The zero-order valence-electron chi connectivity index (χ0n) is 9.13. The second-order valence-corrected chi connectivity index (χ2v) is 5.08. The number of benzene rings is 1. The molecular formula is C12H17BrFN. The van der Waals surface area contributed by atoms with Crippen molar-refractivity contribution in [3.8, 4) is 0 Å². The van der Waals surface area contributed by atoms with E-state index in [0.29, 0.717) is 16.0 Å². The van der Waals surface area contributed by atoms with E-state index >= 15 is 0 Å². The predicted octanol–water partition coefficient (Wildman–Crippen LogP) is 4.02. The van der Waals surface area contributed by atoms with Gasteiger partial charge in [0.15, 0.2) is 0 Å². The van der Waals surface area contributed by atoms with Gasteiger partial charge in [0.25, 0.3) is 0 Å². The average Bonchev–Trinajstić information content (AvgIpc) is 2.18. The number of hydrogen-bond acceptors (Lipinski definition) is 1. The molecule has 0 bridgehead atoms. The molecule has 3 heteroatoms. The maximum atomic E-state index is 13.6. The quantitative estimate of drug-likeness (QED) is 0.881. The molecule has 0 saturated carbocycles. The summed E-state index contributed by atoms with van der Waals surface area (Å²) in [5.41, 5.74) is 6.55. The maximum absolute atomic E-state index is 13.6. The van der Waals surface area contributed by atoms with Gasteiger partial charge in [0, 0.05) is 11.6 Å². The Morgan fingerprint density at radius 1 is 1.33 bits per heavy atom. The zero-order chi connectivity index (χ0) is 11.4. The molecule has 15 heavy (non-hydrogen) atoms. The molecule has 2 N–H and O–H groups in total. The predicted molar refractivity (Wildman–Crippen MR) is 65.1 cm³/mol. The summed E-state index contributed by atoms with van der Waals surface area (Å²) in [4.78, 5) is 0. The van der Waals surface area contributed by atoms with Crippen molar-refractivity contribution in [2.24, 2.45) is 11.7 Å². The van der Waals surface area contributed by atoms with Gasteiger partial charge in [-0.2, -0.15) is 0 Å². The van der Waals surface area contributed by atoms with Gasteiger partial charge in [-0.05, 0) is 40.8 Å². The Morgan fingerprint density at radius 2 is 2.00 bits per heavy atom. The van der Waals surface area contributed by atoms with Gasteiger partial charge in [0.1, 0.15) is 5.82 Å². The highest BCUT2D eigenvalue weighted by Crippen LogP contribution is 2.25. The van der Waals surface area contributed by atoms with Crippen molar-refractivity contribution in [3.05, 3.63) is 34.1 Å². The lowest BCUT2D eigenvalue weighted by atomic mass is 9.98. The minimum Gasteiger partial charge on any atom is -0.324 e. The second-order valence-electron chi connectivity index (χ2n) is 4.22. The molecule has 0 saturated heterocycles. The van der Waals surface area contributed by atoms with Crippen LogP contribution in [0.1, 0.15) is 38.3 Å². The summed E-state index contributed by atoms with van der Waals surface area (Å²) in [6.45, 7) is 4.29. The number of halogens is 2. The molecule has 1 aromatic rings. The fourth-order valence-electron chi connectivity index (χ4n) is 1.48. The van der Waals surface area contributed by atoms with Crippen LogP contribution in [0.2, 0.25) is 0 Å². The Hall–Kier alpha value is -0.410. The molecule has 84 valence electrons. The van der Waals surface area contributed by atoms with Gasteiger partial charge >= 0.3 is 0 Å². The molecule has 0 amide bonds. The van der Waals surface area contributed by atoms with Crippen molar-refractivity contribution in [1.29, 1.82) is 0 Å². The topological polar surface area (TPSA) is 26.0 Å². The molecule has 0 aliphatic carbocycles. The van der Waals surface area contributed by atoms with Crippen molar-refractivity contribution in [1.82, 2.24) is 0 Å². The van der Waals surface area contributed by atoms with E-state index in [-0.39, 0.29) is 11.9 Å². The van der Waals surface area contributed by atoms with E-state index in [0.717, 1.165) is 12.8 Å². The van der Waals surface area contributed by atoms with Crippen molar-refractivity contribution in [3.63, 3.8) is 0 Å². The number of hydrogen-bond donors (Lipinski definition) is 1. The van der Waals surface area contributed by atoms with Crippen molar-refractivity contribution < 1.29 is 4.39 Å². The van der Waals surface area contributed by atoms with Gasteiger partial charge in [0.05, 0.1) is 4.47 Å². The highest BCUT2D eigenvalue weighted by atomic mass is 79.9. The van der Waals surface area contributed by atoms with Gasteiger partial charge in [-0.25, -0.2) is 4.39 Å². The third-order valence-corrected chi connectivity index (χ3v) is 3.05. The lowest BCUT2D eigenvalue weighted by Gasteiger charge is -2.14. The molecule has 1 nitrogen and oxygen atoms in total. The lowest BCUT2D eigenvalue weighted by molar-refractivity contribution is 0.490. The minimum absolute atomic E-state index is 0.204. The summed E-state index contributed by atoms with van der Waals surface area (Å²) in [6, 6.07) is 5.06. The second kappa shape index (κ2) is 5.61. The van der Waals surface area contributed by atoms with Gasteiger partial charge in [0.2, 0.25) is 0 Å². The smallest absolute Gasteiger partial charge is 0.142 e. The van der Waals surface area contributed by atoms with E-state index < -0.39 is 0 Å². The Bertz CT molecular complexity index is 325. The van der Waals surface area contributed by atoms with Crippen LogP contribution in [0.3, 0.4) is 0 Å². The largest absolute Gasteiger partial charge is 0.324 e. The van der Waals surface area contributed by atoms with E-state index in [1.807, 2.05) is 6.07 Å². The van der Waals surface area contributed by atoms with Crippen LogP contribution < -0.4 is 5.73 Å². The van der Waals surface area contributed by atoms with E-state index in [1.54, 1.807) is 12.1 Å². The van der Waals surface area contributed by atoms with Crippen LogP contribution in [0.15, 0.2) is 22.7 Å². The third-order valence-electron chi connectivity index (χ3n) is 2.44. The van der Waals surface area contributed by atoms with E-state index in [9.17, 15) is 4.39 Å². The van der Waals surface area contributed by atoms with E-state index in [1.165, 1.54) is 0 Å². The monoisotopic (exact) mass is 273 g/mol. The molecule has 0 aromatic heterocycles. The van der Waals surface area contributed by atoms with Crippen LogP contribution in [0, 0.1) is 11.7 Å². The lowest BCUT2D eigenvalue weighted by Crippen LogP contribution is -2.13. The first kappa shape index (κ1) is 12.7. The van der Waals surface area contributed by atoms with Crippen LogP contribution in [0.5, 0.6) is 0 Å². The normalized spacial score (nSPS) is 13.2. The summed E-state index contributed by atoms with van der Waals surface area (Å²) >= 11 is 3.16. The van der Waals surface area contributed by atoms with Crippen molar-refractivity contribution in [2.75, 3.05) is 0 Å². The molecular weight excluding hydrogens is 257 g/mol. The molecule has 0 fully saturated rings. The Balaban J connectivity index is 2.73. The Labute approximate surface area is 99.0 Å². The van der Waals surface area contributed by atoms with Crippen LogP contribution in [-0.2, 0) is 0 Å². The van der Waals surface area contributed by atoms with Gasteiger partial charge in [-0.15, -0.1) is 0 Å². The van der Waals surface area contributed by atoms with Crippen LogP contribution >= 0.6 is 15.9 Å². The maximum Gasteiger partial charge on any atom is 0.142 e. The minimum atomic E-state index is -0.228. The summed E-state index contributed by atoms with van der Waals surface area (Å²) in [5, 5.41) is 0. The summed E-state index contributed by atoms with van der Waals surface area (Å²) in [7, 11) is 0. The first-order valence-electron chi connectivity index (χ1n) is 5.22. The number of rotatable bonds is 4. The van der Waals surface area contributed by atoms with Crippen LogP contribution in [0.25, 0.3) is 0 Å². The Morgan fingerprint density at radius 3 is 2.60 bits per heavy atom. The molecule has 0 spiro atoms. The summed E-state index contributed by atoms with van der Waals surface area (Å²) in [6.07, 6.45) is 1.85. The number of nitrogens with two attached hydrogens (primary N) is 1. The third kappa shape index (κ3) is 3.58. The Kier molecular flexibility index (Phi) is 4.74. The molecule has 0 aliphatic rings. The first-order valence-corrected chi connectivity index (χ1v) is 6.01. The first-order chi connectivity index (χ1) is 7.02. The molecule has 0 aliphatic heterocycles. The van der Waals surface area contributed by atoms with E-state index in [2.05, 4.69) is 29.8 Å². The SMILES string of the molecule is CC(C)CCC(N)c1cccc(Br)c1F. The fourth-order valence-corrected chi connectivity index (χ4v) is 1.86. The highest BCUT2D eigenvalue weighted by Gasteiger charge is 2.13. The standard InChI is InChI=1S/C12H17BrFN/c1-8(2)6-7-11(15)9-4-3-5-10(13)12(9)14/h3-5,8,11H,6-7,15H2,1-2H3.